The Labute approximate surface area is 198 Å². The van der Waals surface area contributed by atoms with E-state index >= 15 is 0 Å². The maximum Gasteiger partial charge on any atom is 0.274 e. The maximum atomic E-state index is 14.6. The molecule has 0 aliphatic carbocycles. The van der Waals surface area contributed by atoms with E-state index in [1.54, 1.807) is 30.2 Å². The minimum Gasteiger partial charge on any atom is -0.497 e. The number of aliphatic hydroxyl groups is 1. The van der Waals surface area contributed by atoms with Crippen LogP contribution in [-0.2, 0) is 25.7 Å². The van der Waals surface area contributed by atoms with E-state index in [0.29, 0.717) is 17.2 Å². The molecule has 1 aliphatic rings. The van der Waals surface area contributed by atoms with E-state index in [-0.39, 0.29) is 24.8 Å². The number of carbonyl (C=O) groups excluding carboxylic acids is 2. The van der Waals surface area contributed by atoms with Crippen LogP contribution >= 0.6 is 0 Å². The zero-order valence-corrected chi connectivity index (χ0v) is 19.8. The Kier molecular flexibility index (Phi) is 8.73. The Morgan fingerprint density at radius 2 is 1.71 bits per heavy atom. The molecular weight excluding hydrogens is 443 g/mol. The number of piperazine rings is 1. The van der Waals surface area contributed by atoms with E-state index in [4.69, 9.17) is 14.3 Å². The number of benzene rings is 2. The minimum absolute atomic E-state index is 0.0371. The van der Waals surface area contributed by atoms with Crippen LogP contribution in [0, 0.1) is 11.7 Å². The third-order valence-corrected chi connectivity index (χ3v) is 5.74. The fourth-order valence-electron chi connectivity index (χ4n) is 4.11. The van der Waals surface area contributed by atoms with Gasteiger partial charge in [-0.05, 0) is 36.1 Å². The summed E-state index contributed by atoms with van der Waals surface area (Å²) in [4.78, 5) is 33.8. The average Bonchev–Trinajstić information content (AvgIpc) is 2.82. The van der Waals surface area contributed by atoms with E-state index < -0.39 is 35.8 Å². The molecule has 0 bridgehead atoms. The molecule has 184 valence electrons. The van der Waals surface area contributed by atoms with Crippen LogP contribution in [0.15, 0.2) is 48.5 Å². The van der Waals surface area contributed by atoms with Crippen molar-refractivity contribution in [2.75, 3.05) is 21.0 Å². The zero-order chi connectivity index (χ0) is 24.8. The lowest BCUT2D eigenvalue weighted by Crippen LogP contribution is -2.66. The zero-order valence-electron chi connectivity index (χ0n) is 19.8. The molecule has 3 rings (SSSR count). The summed E-state index contributed by atoms with van der Waals surface area (Å²) in [7, 11) is 2.93. The van der Waals surface area contributed by atoms with E-state index in [0.717, 1.165) is 5.56 Å². The topological polar surface area (TPSA) is 88.5 Å². The van der Waals surface area contributed by atoms with Crippen molar-refractivity contribution in [3.05, 3.63) is 65.5 Å². The number of aliphatic hydroxyl groups excluding tert-OH is 1. The number of hydroxylamine groups is 2. The number of nitrogens with zero attached hydrogens (tertiary/aromatic N) is 2. The molecule has 8 nitrogen and oxygen atoms in total. The van der Waals surface area contributed by atoms with Crippen molar-refractivity contribution in [3.63, 3.8) is 0 Å². The predicted octanol–water partition coefficient (Wildman–Crippen LogP) is 3.06. The van der Waals surface area contributed by atoms with Crippen molar-refractivity contribution in [3.8, 4) is 5.75 Å². The van der Waals surface area contributed by atoms with Gasteiger partial charge >= 0.3 is 0 Å². The second-order valence-corrected chi connectivity index (χ2v) is 8.58. The molecule has 9 heteroatoms. The van der Waals surface area contributed by atoms with Crippen LogP contribution in [0.4, 0.5) is 4.39 Å². The highest BCUT2D eigenvalue weighted by atomic mass is 19.1. The molecule has 0 unspecified atom stereocenters. The molecule has 34 heavy (non-hydrogen) atoms. The Hall–Kier alpha value is -2.85. The predicted molar refractivity (Wildman–Crippen MR) is 122 cm³/mol. The van der Waals surface area contributed by atoms with Crippen LogP contribution in [0.5, 0.6) is 5.75 Å². The van der Waals surface area contributed by atoms with Gasteiger partial charge in [-0.1, -0.05) is 44.2 Å². The van der Waals surface area contributed by atoms with Gasteiger partial charge in [-0.15, -0.1) is 5.06 Å². The number of hydrogen-bond donors (Lipinski definition) is 1. The maximum absolute atomic E-state index is 14.6. The molecular formula is C25H31FN2O6. The number of imide groups is 1. The van der Waals surface area contributed by atoms with Crippen LogP contribution in [0.3, 0.4) is 0 Å². The first-order valence-electron chi connectivity index (χ1n) is 11.1. The number of rotatable bonds is 10. The van der Waals surface area contributed by atoms with Crippen molar-refractivity contribution < 1.29 is 33.4 Å². The van der Waals surface area contributed by atoms with Crippen molar-refractivity contribution in [1.82, 2.24) is 9.96 Å². The average molecular weight is 475 g/mol. The lowest BCUT2D eigenvalue weighted by atomic mass is 9.91. The van der Waals surface area contributed by atoms with E-state index in [9.17, 15) is 19.1 Å². The molecule has 0 saturated carbocycles. The molecule has 1 saturated heterocycles. The second kappa shape index (κ2) is 11.5. The van der Waals surface area contributed by atoms with Gasteiger partial charge in [0.2, 0.25) is 0 Å². The molecule has 1 fully saturated rings. The van der Waals surface area contributed by atoms with Crippen molar-refractivity contribution in [2.24, 2.45) is 5.92 Å². The number of halogens is 1. The Bertz CT molecular complexity index is 984. The number of methoxy groups -OCH3 is 2. The van der Waals surface area contributed by atoms with Gasteiger partial charge in [-0.25, -0.2) is 9.23 Å². The molecule has 0 spiro atoms. The summed E-state index contributed by atoms with van der Waals surface area (Å²) in [6.45, 7) is 3.76. The Morgan fingerprint density at radius 3 is 2.29 bits per heavy atom. The molecule has 1 N–H and O–H groups in total. The highest BCUT2D eigenvalue weighted by Crippen LogP contribution is 2.33. The van der Waals surface area contributed by atoms with E-state index in [2.05, 4.69) is 0 Å². The van der Waals surface area contributed by atoms with E-state index in [1.165, 1.54) is 25.3 Å². The summed E-state index contributed by atoms with van der Waals surface area (Å²) in [6, 6.07) is 10.9. The normalized spacial score (nSPS) is 20.1. The summed E-state index contributed by atoms with van der Waals surface area (Å²) < 4.78 is 24.7. The van der Waals surface area contributed by atoms with Crippen molar-refractivity contribution in [1.29, 1.82) is 0 Å². The SMILES string of the molecule is COCON1C(=O)[C@H]([C@@H](O)c2ccccc2F)N(Cc2ccc(OC)cc2)[C@@H](CC(C)C)C1=O. The second-order valence-electron chi connectivity index (χ2n) is 8.58. The van der Waals surface area contributed by atoms with Gasteiger partial charge in [0.15, 0.2) is 6.79 Å². The molecule has 2 aromatic rings. The van der Waals surface area contributed by atoms with Crippen molar-refractivity contribution in [2.45, 2.75) is 45.0 Å². The first-order valence-corrected chi connectivity index (χ1v) is 11.1. The third kappa shape index (κ3) is 5.61. The Balaban J connectivity index is 2.07. The summed E-state index contributed by atoms with van der Waals surface area (Å²) in [5, 5.41) is 11.9. The molecule has 2 aromatic carbocycles. The molecule has 1 heterocycles. The molecule has 3 atom stereocenters. The number of carbonyl (C=O) groups is 2. The van der Waals surface area contributed by atoms with Gasteiger partial charge in [0.1, 0.15) is 23.7 Å². The summed E-state index contributed by atoms with van der Waals surface area (Å²) in [5.74, 6) is -1.23. The quantitative estimate of drug-likeness (QED) is 0.418. The van der Waals surface area contributed by atoms with E-state index in [1.807, 2.05) is 26.0 Å². The van der Waals surface area contributed by atoms with Gasteiger partial charge < -0.3 is 14.6 Å². The highest BCUT2D eigenvalue weighted by molar-refractivity contribution is 6.02. The van der Waals surface area contributed by atoms with Gasteiger partial charge in [0.05, 0.1) is 13.2 Å². The first kappa shape index (κ1) is 25.8. The van der Waals surface area contributed by atoms with Crippen LogP contribution in [-0.4, -0.2) is 60.0 Å². The lowest BCUT2D eigenvalue weighted by Gasteiger charge is -2.45. The largest absolute Gasteiger partial charge is 0.497 e. The molecule has 0 radical (unpaired) electrons. The summed E-state index contributed by atoms with van der Waals surface area (Å²) in [6.07, 6.45) is -1.14. The monoisotopic (exact) mass is 474 g/mol. The molecule has 2 amide bonds. The highest BCUT2D eigenvalue weighted by Gasteiger charge is 2.50. The van der Waals surface area contributed by atoms with Crippen LogP contribution in [0.2, 0.25) is 0 Å². The smallest absolute Gasteiger partial charge is 0.274 e. The summed E-state index contributed by atoms with van der Waals surface area (Å²) >= 11 is 0. The lowest BCUT2D eigenvalue weighted by molar-refractivity contribution is -0.238. The molecule has 1 aliphatic heterocycles. The van der Waals surface area contributed by atoms with Crippen LogP contribution in [0.1, 0.15) is 37.5 Å². The number of amides is 2. The number of ether oxygens (including phenoxy) is 2. The number of hydrogen-bond acceptors (Lipinski definition) is 7. The van der Waals surface area contributed by atoms with Gasteiger partial charge in [-0.3, -0.25) is 14.5 Å². The molecule has 0 aromatic heterocycles. The van der Waals surface area contributed by atoms with Gasteiger partial charge in [-0.2, -0.15) is 0 Å². The van der Waals surface area contributed by atoms with Crippen LogP contribution in [0.25, 0.3) is 0 Å². The summed E-state index contributed by atoms with van der Waals surface area (Å²) in [5.41, 5.74) is 0.761. The fourth-order valence-corrected chi connectivity index (χ4v) is 4.11. The van der Waals surface area contributed by atoms with Gasteiger partial charge in [0.25, 0.3) is 11.8 Å². The third-order valence-electron chi connectivity index (χ3n) is 5.74. The van der Waals surface area contributed by atoms with Crippen LogP contribution < -0.4 is 4.74 Å². The van der Waals surface area contributed by atoms with Gasteiger partial charge in [0, 0.05) is 19.2 Å². The van der Waals surface area contributed by atoms with Crippen molar-refractivity contribution >= 4 is 11.8 Å². The Morgan fingerprint density at radius 1 is 1.03 bits per heavy atom. The minimum atomic E-state index is -1.54. The standard InChI is InChI=1S/C25H31FN2O6/c1-16(2)13-21-24(30)28(34-15-32-3)25(31)22(23(29)19-7-5-6-8-20(19)26)27(21)14-17-9-11-18(33-4)12-10-17/h5-12,16,21-23,29H,13-15H2,1-4H3/t21-,22-,23-/m0/s1. The fraction of sp³-hybridized carbons (Fsp3) is 0.440. The first-order chi connectivity index (χ1) is 16.3.